The average molecular weight is 413 g/mol. The molecule has 2 fully saturated rings. The highest BCUT2D eigenvalue weighted by atomic mass is 16.5. The van der Waals surface area contributed by atoms with Gasteiger partial charge >= 0.3 is 0 Å². The number of nitrogens with one attached hydrogen (secondary N) is 1. The van der Waals surface area contributed by atoms with Gasteiger partial charge in [-0.25, -0.2) is 4.68 Å². The quantitative estimate of drug-likeness (QED) is 0.760. The van der Waals surface area contributed by atoms with Crippen molar-refractivity contribution in [3.63, 3.8) is 0 Å². The van der Waals surface area contributed by atoms with Crippen molar-refractivity contribution in [2.45, 2.75) is 64.4 Å². The fourth-order valence-electron chi connectivity index (χ4n) is 4.34. The van der Waals surface area contributed by atoms with E-state index in [0.717, 1.165) is 49.2 Å². The van der Waals surface area contributed by atoms with Crippen molar-refractivity contribution in [2.75, 3.05) is 13.1 Å². The van der Waals surface area contributed by atoms with E-state index in [1.54, 1.807) is 10.9 Å². The van der Waals surface area contributed by atoms with Crippen molar-refractivity contribution in [2.24, 2.45) is 5.92 Å². The van der Waals surface area contributed by atoms with Gasteiger partial charge in [0.05, 0.1) is 38.1 Å². The zero-order chi connectivity index (χ0) is 20.7. The first-order chi connectivity index (χ1) is 14.5. The van der Waals surface area contributed by atoms with Crippen molar-refractivity contribution in [1.29, 1.82) is 0 Å². The molecule has 5 rings (SSSR count). The summed E-state index contributed by atoms with van der Waals surface area (Å²) in [5, 5.41) is 15.7. The van der Waals surface area contributed by atoms with E-state index in [1.807, 2.05) is 22.7 Å². The first kappa shape index (κ1) is 19.2. The highest BCUT2D eigenvalue weighted by Crippen LogP contribution is 2.33. The highest BCUT2D eigenvalue weighted by Gasteiger charge is 2.42. The molecule has 10 heteroatoms. The Balaban J connectivity index is 1.23. The van der Waals surface area contributed by atoms with E-state index in [0.29, 0.717) is 26.2 Å². The molecule has 1 aliphatic carbocycles. The lowest BCUT2D eigenvalue weighted by Gasteiger charge is -2.44. The van der Waals surface area contributed by atoms with E-state index < -0.39 is 5.60 Å². The number of aromatic nitrogens is 5. The van der Waals surface area contributed by atoms with E-state index in [9.17, 15) is 9.59 Å². The summed E-state index contributed by atoms with van der Waals surface area (Å²) < 4.78 is 9.86. The summed E-state index contributed by atoms with van der Waals surface area (Å²) >= 11 is 0. The van der Waals surface area contributed by atoms with Gasteiger partial charge in [0.25, 0.3) is 0 Å². The minimum Gasteiger partial charge on any atom is -0.365 e. The maximum atomic E-state index is 12.8. The van der Waals surface area contributed by atoms with Gasteiger partial charge in [0.2, 0.25) is 11.8 Å². The Morgan fingerprint density at radius 2 is 2.20 bits per heavy atom. The van der Waals surface area contributed by atoms with Crippen LogP contribution in [0, 0.1) is 12.8 Å². The Morgan fingerprint density at radius 1 is 1.33 bits per heavy atom. The van der Waals surface area contributed by atoms with Gasteiger partial charge in [-0.2, -0.15) is 5.10 Å². The van der Waals surface area contributed by atoms with Crippen LogP contribution < -0.4 is 5.32 Å². The molecule has 3 aliphatic rings. The molecule has 1 spiro atoms. The first-order valence-corrected chi connectivity index (χ1v) is 10.6. The normalized spacial score (nSPS) is 23.4. The van der Waals surface area contributed by atoms with Gasteiger partial charge in [0.1, 0.15) is 17.8 Å². The second kappa shape index (κ2) is 7.50. The van der Waals surface area contributed by atoms with Gasteiger partial charge in [-0.05, 0) is 38.2 Å². The van der Waals surface area contributed by atoms with Gasteiger partial charge in [0, 0.05) is 18.7 Å². The summed E-state index contributed by atoms with van der Waals surface area (Å²) in [4.78, 5) is 26.6. The predicted octanol–water partition coefficient (Wildman–Crippen LogP) is 0.401. The van der Waals surface area contributed by atoms with Crippen LogP contribution in [0.5, 0.6) is 0 Å². The van der Waals surface area contributed by atoms with E-state index in [-0.39, 0.29) is 24.3 Å². The molecule has 10 nitrogen and oxygen atoms in total. The lowest BCUT2D eigenvalue weighted by molar-refractivity contribution is -0.153. The molecule has 1 saturated carbocycles. The number of rotatable bonds is 5. The first-order valence-electron chi connectivity index (χ1n) is 10.6. The smallest absolute Gasteiger partial charge is 0.244 e. The standard InChI is InChI=1S/C20H27N7O3/c1-14-7-22-26(9-14)10-18(28)25-6-2-5-20(12-25)13-27-17(11-30-20)16(23-24-27)8-21-19(29)15-3-4-15/h7,9,15H,2-6,8,10-13H2,1H3,(H,21,29). The zero-order valence-corrected chi connectivity index (χ0v) is 17.2. The Bertz CT molecular complexity index is 964. The minimum atomic E-state index is -0.441. The number of fused-ring (bicyclic) bond motifs is 1. The summed E-state index contributed by atoms with van der Waals surface area (Å²) in [6, 6.07) is 0. The van der Waals surface area contributed by atoms with Crippen molar-refractivity contribution in [1.82, 2.24) is 35.0 Å². The molecule has 160 valence electrons. The summed E-state index contributed by atoms with van der Waals surface area (Å²) in [6.45, 7) is 4.81. The number of hydrogen-bond donors (Lipinski definition) is 1. The van der Waals surface area contributed by atoms with Crippen LogP contribution in [0.4, 0.5) is 0 Å². The monoisotopic (exact) mass is 413 g/mol. The SMILES string of the molecule is Cc1cnn(CC(=O)N2CCCC3(C2)Cn2nnc(CNC(=O)C4CC4)c2CO3)c1. The second-order valence-electron chi connectivity index (χ2n) is 8.74. The van der Waals surface area contributed by atoms with Gasteiger partial charge < -0.3 is 15.0 Å². The molecule has 2 aliphatic heterocycles. The number of likely N-dealkylation sites (tertiary alicyclic amines) is 1. The Labute approximate surface area is 174 Å². The topological polar surface area (TPSA) is 107 Å². The number of ether oxygens (including phenoxy) is 1. The average Bonchev–Trinajstić information content (AvgIpc) is 3.40. The number of hydrogen-bond acceptors (Lipinski definition) is 6. The predicted molar refractivity (Wildman–Crippen MR) is 105 cm³/mol. The molecule has 2 amide bonds. The lowest BCUT2D eigenvalue weighted by Crippen LogP contribution is -2.56. The molecule has 1 unspecified atom stereocenters. The molecule has 0 radical (unpaired) electrons. The number of amides is 2. The summed E-state index contributed by atoms with van der Waals surface area (Å²) in [5.41, 5.74) is 2.27. The van der Waals surface area contributed by atoms with Gasteiger partial charge in [-0.1, -0.05) is 5.21 Å². The third kappa shape index (κ3) is 3.83. The van der Waals surface area contributed by atoms with Crippen molar-refractivity contribution in [3.8, 4) is 0 Å². The number of piperidine rings is 1. The van der Waals surface area contributed by atoms with Crippen molar-refractivity contribution >= 4 is 11.8 Å². The highest BCUT2D eigenvalue weighted by molar-refractivity contribution is 5.80. The molecule has 1 N–H and O–H groups in total. The number of aryl methyl sites for hydroxylation is 1. The largest absolute Gasteiger partial charge is 0.365 e. The van der Waals surface area contributed by atoms with Crippen LogP contribution in [0.1, 0.15) is 42.6 Å². The van der Waals surface area contributed by atoms with Gasteiger partial charge in [0.15, 0.2) is 0 Å². The Morgan fingerprint density at radius 3 is 2.97 bits per heavy atom. The molecule has 0 bridgehead atoms. The van der Waals surface area contributed by atoms with E-state index >= 15 is 0 Å². The maximum Gasteiger partial charge on any atom is 0.244 e. The van der Waals surface area contributed by atoms with E-state index in [2.05, 4.69) is 20.7 Å². The summed E-state index contributed by atoms with van der Waals surface area (Å²) in [5.74, 6) is 0.319. The summed E-state index contributed by atoms with van der Waals surface area (Å²) in [6.07, 6.45) is 7.35. The van der Waals surface area contributed by atoms with Crippen LogP contribution in [-0.2, 0) is 40.6 Å². The molecular weight excluding hydrogens is 386 g/mol. The van der Waals surface area contributed by atoms with Crippen LogP contribution >= 0.6 is 0 Å². The molecule has 2 aromatic heterocycles. The third-order valence-corrected chi connectivity index (χ3v) is 6.20. The lowest BCUT2D eigenvalue weighted by atomic mass is 9.91. The second-order valence-corrected chi connectivity index (χ2v) is 8.74. The van der Waals surface area contributed by atoms with Crippen LogP contribution in [0.3, 0.4) is 0 Å². The molecule has 0 aromatic carbocycles. The molecule has 4 heterocycles. The fourth-order valence-corrected chi connectivity index (χ4v) is 4.34. The van der Waals surface area contributed by atoms with Crippen LogP contribution in [0.2, 0.25) is 0 Å². The Hall–Kier alpha value is -2.75. The third-order valence-electron chi connectivity index (χ3n) is 6.20. The molecule has 2 aromatic rings. The molecular formula is C20H27N7O3. The molecule has 1 saturated heterocycles. The number of carbonyl (C=O) groups excluding carboxylic acids is 2. The van der Waals surface area contributed by atoms with Crippen molar-refractivity contribution in [3.05, 3.63) is 29.3 Å². The van der Waals surface area contributed by atoms with Crippen LogP contribution in [-0.4, -0.2) is 60.2 Å². The van der Waals surface area contributed by atoms with Gasteiger partial charge in [-0.15, -0.1) is 5.10 Å². The maximum absolute atomic E-state index is 12.8. The molecule has 1 atom stereocenters. The number of nitrogens with zero attached hydrogens (tertiary/aromatic N) is 6. The van der Waals surface area contributed by atoms with Crippen LogP contribution in [0.25, 0.3) is 0 Å². The van der Waals surface area contributed by atoms with Gasteiger partial charge in [-0.3, -0.25) is 14.3 Å². The Kier molecular flexibility index (Phi) is 4.80. The number of carbonyl (C=O) groups is 2. The van der Waals surface area contributed by atoms with Crippen molar-refractivity contribution < 1.29 is 14.3 Å². The van der Waals surface area contributed by atoms with E-state index in [4.69, 9.17) is 4.74 Å². The zero-order valence-electron chi connectivity index (χ0n) is 17.2. The molecule has 30 heavy (non-hydrogen) atoms. The summed E-state index contributed by atoms with van der Waals surface area (Å²) in [7, 11) is 0. The minimum absolute atomic E-state index is 0.0497. The van der Waals surface area contributed by atoms with Crippen LogP contribution in [0.15, 0.2) is 12.4 Å². The van der Waals surface area contributed by atoms with E-state index in [1.165, 1.54) is 0 Å². The fraction of sp³-hybridized carbons (Fsp3) is 0.650.